The third-order valence-corrected chi connectivity index (χ3v) is 2.77. The van der Waals surface area contributed by atoms with Gasteiger partial charge in [-0.3, -0.25) is 5.32 Å². The molecule has 0 aromatic heterocycles. The molecule has 0 aliphatic heterocycles. The minimum absolute atomic E-state index is 0.198. The Bertz CT molecular complexity index is 327. The van der Waals surface area contributed by atoms with Crippen molar-refractivity contribution in [3.8, 4) is 0 Å². The van der Waals surface area contributed by atoms with Gasteiger partial charge in [-0.25, -0.2) is 0 Å². The number of halogens is 3. The first-order valence-corrected chi connectivity index (χ1v) is 4.89. The van der Waals surface area contributed by atoms with E-state index in [2.05, 4.69) is 5.32 Å². The van der Waals surface area contributed by atoms with Crippen LogP contribution >= 0.6 is 0 Å². The minimum Gasteiger partial charge on any atom is -0.299 e. The van der Waals surface area contributed by atoms with Crippen molar-refractivity contribution < 1.29 is 13.2 Å². The van der Waals surface area contributed by atoms with E-state index < -0.39 is 11.7 Å². The van der Waals surface area contributed by atoms with E-state index in [4.69, 9.17) is 0 Å². The van der Waals surface area contributed by atoms with Crippen LogP contribution in [0.15, 0.2) is 30.3 Å². The molecule has 1 aromatic carbocycles. The molecule has 0 heterocycles. The van der Waals surface area contributed by atoms with Gasteiger partial charge in [0.1, 0.15) is 5.54 Å². The van der Waals surface area contributed by atoms with E-state index in [0.29, 0.717) is 0 Å². The first-order valence-electron chi connectivity index (χ1n) is 4.89. The molecule has 4 heteroatoms. The first kappa shape index (κ1) is 10.5. The summed E-state index contributed by atoms with van der Waals surface area (Å²) in [7, 11) is 0. The number of hydrogen-bond donors (Lipinski definition) is 1. The summed E-state index contributed by atoms with van der Waals surface area (Å²) in [6.07, 6.45) is -3.73. The minimum atomic E-state index is -4.12. The molecule has 0 amide bonds. The van der Waals surface area contributed by atoms with E-state index in [9.17, 15) is 13.2 Å². The molecule has 0 spiro atoms. The van der Waals surface area contributed by atoms with Crippen molar-refractivity contribution in [3.63, 3.8) is 0 Å². The van der Waals surface area contributed by atoms with Gasteiger partial charge < -0.3 is 0 Å². The fourth-order valence-corrected chi connectivity index (χ4v) is 1.55. The molecule has 0 atom stereocenters. The molecular weight excluding hydrogens is 203 g/mol. The fourth-order valence-electron chi connectivity index (χ4n) is 1.55. The highest BCUT2D eigenvalue weighted by molar-refractivity contribution is 5.16. The molecule has 0 bridgehead atoms. The fraction of sp³-hybridized carbons (Fsp3) is 0.455. The van der Waals surface area contributed by atoms with E-state index in [1.54, 1.807) is 0 Å². The molecule has 0 unspecified atom stereocenters. The highest BCUT2D eigenvalue weighted by Gasteiger charge is 2.62. The summed E-state index contributed by atoms with van der Waals surface area (Å²) < 4.78 is 37.6. The van der Waals surface area contributed by atoms with Crippen molar-refractivity contribution >= 4 is 0 Å². The SMILES string of the molecule is FC(F)(F)C1(NCc2ccccc2)CC1. The summed E-state index contributed by atoms with van der Waals surface area (Å²) in [6, 6.07) is 9.13. The topological polar surface area (TPSA) is 12.0 Å². The van der Waals surface area contributed by atoms with Crippen LogP contribution in [0.1, 0.15) is 18.4 Å². The van der Waals surface area contributed by atoms with Gasteiger partial charge in [-0.1, -0.05) is 30.3 Å². The van der Waals surface area contributed by atoms with Crippen LogP contribution < -0.4 is 5.32 Å². The highest BCUT2D eigenvalue weighted by atomic mass is 19.4. The molecule has 0 radical (unpaired) electrons. The van der Waals surface area contributed by atoms with Gasteiger partial charge in [-0.05, 0) is 18.4 Å². The van der Waals surface area contributed by atoms with Crippen molar-refractivity contribution in [1.29, 1.82) is 0 Å². The van der Waals surface area contributed by atoms with Gasteiger partial charge in [-0.2, -0.15) is 13.2 Å². The van der Waals surface area contributed by atoms with Gasteiger partial charge >= 0.3 is 6.18 Å². The van der Waals surface area contributed by atoms with Gasteiger partial charge in [0.25, 0.3) is 0 Å². The number of hydrogen-bond acceptors (Lipinski definition) is 1. The maximum atomic E-state index is 12.5. The van der Waals surface area contributed by atoms with Crippen LogP contribution in [0.25, 0.3) is 0 Å². The lowest BCUT2D eigenvalue weighted by Crippen LogP contribution is -2.44. The normalized spacial score (nSPS) is 18.9. The van der Waals surface area contributed by atoms with Crippen LogP contribution in [0.5, 0.6) is 0 Å². The molecule has 1 nitrogen and oxygen atoms in total. The molecule has 2 rings (SSSR count). The zero-order valence-electron chi connectivity index (χ0n) is 8.14. The average Bonchev–Trinajstić information content (AvgIpc) is 2.96. The standard InChI is InChI=1S/C11H12F3N/c12-11(13,14)10(6-7-10)15-8-9-4-2-1-3-5-9/h1-5,15H,6-8H2. The summed E-state index contributed by atoms with van der Waals surface area (Å²) in [5.74, 6) is 0. The predicted octanol–water partition coefficient (Wildman–Crippen LogP) is 2.87. The Hall–Kier alpha value is -1.03. The van der Waals surface area contributed by atoms with Crippen molar-refractivity contribution in [2.45, 2.75) is 31.1 Å². The van der Waals surface area contributed by atoms with E-state index >= 15 is 0 Å². The smallest absolute Gasteiger partial charge is 0.299 e. The molecule has 1 saturated carbocycles. The van der Waals surface area contributed by atoms with Crippen LogP contribution in [-0.2, 0) is 6.54 Å². The Morgan fingerprint density at radius 2 is 1.73 bits per heavy atom. The number of alkyl halides is 3. The average molecular weight is 215 g/mol. The quantitative estimate of drug-likeness (QED) is 0.817. The van der Waals surface area contributed by atoms with Crippen molar-refractivity contribution in [2.75, 3.05) is 0 Å². The lowest BCUT2D eigenvalue weighted by molar-refractivity contribution is -0.166. The summed E-state index contributed by atoms with van der Waals surface area (Å²) >= 11 is 0. The number of rotatable bonds is 3. The third-order valence-electron chi connectivity index (χ3n) is 2.77. The van der Waals surface area contributed by atoms with Crippen LogP contribution in [0.3, 0.4) is 0 Å². The molecule has 1 N–H and O–H groups in total. The Morgan fingerprint density at radius 3 is 2.20 bits per heavy atom. The van der Waals surface area contributed by atoms with Crippen LogP contribution in [0.4, 0.5) is 13.2 Å². The monoisotopic (exact) mass is 215 g/mol. The summed E-state index contributed by atoms with van der Waals surface area (Å²) in [5.41, 5.74) is -0.726. The second kappa shape index (κ2) is 3.52. The van der Waals surface area contributed by atoms with Crippen molar-refractivity contribution in [1.82, 2.24) is 5.32 Å². The van der Waals surface area contributed by atoms with Crippen LogP contribution in [0, 0.1) is 0 Å². The van der Waals surface area contributed by atoms with Crippen LogP contribution in [-0.4, -0.2) is 11.7 Å². The maximum absolute atomic E-state index is 12.5. The molecule has 82 valence electrons. The molecule has 1 aliphatic rings. The lowest BCUT2D eigenvalue weighted by atomic mass is 10.2. The van der Waals surface area contributed by atoms with E-state index in [1.807, 2.05) is 30.3 Å². The van der Waals surface area contributed by atoms with Gasteiger partial charge in [0.15, 0.2) is 0 Å². The number of nitrogens with one attached hydrogen (secondary N) is 1. The maximum Gasteiger partial charge on any atom is 0.406 e. The summed E-state index contributed by atoms with van der Waals surface area (Å²) in [6.45, 7) is 0.278. The molecular formula is C11H12F3N. The molecule has 1 fully saturated rings. The van der Waals surface area contributed by atoms with Crippen LogP contribution in [0.2, 0.25) is 0 Å². The van der Waals surface area contributed by atoms with Gasteiger partial charge in [0.2, 0.25) is 0 Å². The molecule has 15 heavy (non-hydrogen) atoms. The van der Waals surface area contributed by atoms with E-state index in [1.165, 1.54) is 0 Å². The second-order valence-corrected chi connectivity index (χ2v) is 3.92. The Morgan fingerprint density at radius 1 is 1.13 bits per heavy atom. The largest absolute Gasteiger partial charge is 0.406 e. The Balaban J connectivity index is 1.95. The van der Waals surface area contributed by atoms with Gasteiger partial charge in [0, 0.05) is 6.54 Å². The zero-order valence-corrected chi connectivity index (χ0v) is 8.14. The lowest BCUT2D eigenvalue weighted by Gasteiger charge is -2.20. The zero-order chi connectivity index (χ0) is 10.9. The molecule has 0 saturated heterocycles. The molecule has 1 aromatic rings. The van der Waals surface area contributed by atoms with Gasteiger partial charge in [0.05, 0.1) is 0 Å². The van der Waals surface area contributed by atoms with Crippen molar-refractivity contribution in [2.24, 2.45) is 0 Å². The summed E-state index contributed by atoms with van der Waals surface area (Å²) in [5, 5.41) is 2.60. The Labute approximate surface area is 86.3 Å². The van der Waals surface area contributed by atoms with Crippen molar-refractivity contribution in [3.05, 3.63) is 35.9 Å². The Kier molecular flexibility index (Phi) is 2.46. The first-order chi connectivity index (χ1) is 7.04. The van der Waals surface area contributed by atoms with Gasteiger partial charge in [-0.15, -0.1) is 0 Å². The number of benzene rings is 1. The predicted molar refractivity (Wildman–Crippen MR) is 51.3 cm³/mol. The second-order valence-electron chi connectivity index (χ2n) is 3.92. The third kappa shape index (κ3) is 2.15. The molecule has 1 aliphatic carbocycles. The van der Waals surface area contributed by atoms with E-state index in [-0.39, 0.29) is 19.4 Å². The summed E-state index contributed by atoms with van der Waals surface area (Å²) in [4.78, 5) is 0. The highest BCUT2D eigenvalue weighted by Crippen LogP contribution is 2.48. The van der Waals surface area contributed by atoms with E-state index in [0.717, 1.165) is 5.56 Å².